The van der Waals surface area contributed by atoms with Crippen molar-refractivity contribution in [2.24, 2.45) is 0 Å². The zero-order valence-corrected chi connectivity index (χ0v) is 15.7. The third-order valence-electron chi connectivity index (χ3n) is 4.20. The first kappa shape index (κ1) is 19.3. The average Bonchev–Trinajstić information content (AvgIpc) is 2.64. The number of hydrogen-bond acceptors (Lipinski definition) is 3. The fourth-order valence-electron chi connectivity index (χ4n) is 2.98. The second-order valence-electron chi connectivity index (χ2n) is 6.28. The predicted molar refractivity (Wildman–Crippen MR) is 109 cm³/mol. The van der Waals surface area contributed by atoms with Crippen LogP contribution in [0.15, 0.2) is 48.5 Å². The summed E-state index contributed by atoms with van der Waals surface area (Å²) in [7, 11) is 0. The first-order valence-corrected chi connectivity index (χ1v) is 9.56. The average molecular weight is 341 g/mol. The molecule has 0 aliphatic rings. The number of aryl methyl sites for hydroxylation is 2. The van der Waals surface area contributed by atoms with Gasteiger partial charge in [-0.3, -0.25) is 0 Å². The SMILES string of the molecule is CCCc1ccccc1NCCOCCNc1ccccc1CCC. The first-order valence-electron chi connectivity index (χ1n) is 9.56. The maximum atomic E-state index is 5.75. The minimum absolute atomic E-state index is 0.721. The molecule has 3 heteroatoms. The lowest BCUT2D eigenvalue weighted by molar-refractivity contribution is 0.154. The van der Waals surface area contributed by atoms with E-state index in [0.29, 0.717) is 0 Å². The lowest BCUT2D eigenvalue weighted by atomic mass is 10.1. The van der Waals surface area contributed by atoms with Crippen LogP contribution in [-0.4, -0.2) is 26.3 Å². The monoisotopic (exact) mass is 340 g/mol. The van der Waals surface area contributed by atoms with Crippen molar-refractivity contribution in [3.63, 3.8) is 0 Å². The van der Waals surface area contributed by atoms with Gasteiger partial charge in [-0.1, -0.05) is 63.1 Å². The first-order chi connectivity index (χ1) is 12.3. The Bertz CT molecular complexity index is 559. The summed E-state index contributed by atoms with van der Waals surface area (Å²) in [5.74, 6) is 0. The van der Waals surface area contributed by atoms with Gasteiger partial charge in [0.05, 0.1) is 13.2 Å². The number of para-hydroxylation sites is 2. The molecule has 0 aliphatic carbocycles. The van der Waals surface area contributed by atoms with Crippen LogP contribution in [0.25, 0.3) is 0 Å². The van der Waals surface area contributed by atoms with E-state index >= 15 is 0 Å². The van der Waals surface area contributed by atoms with Gasteiger partial charge >= 0.3 is 0 Å². The maximum absolute atomic E-state index is 5.75. The number of benzene rings is 2. The molecule has 2 rings (SSSR count). The quantitative estimate of drug-likeness (QED) is 0.525. The van der Waals surface area contributed by atoms with Crippen LogP contribution < -0.4 is 10.6 Å². The lowest BCUT2D eigenvalue weighted by Crippen LogP contribution is -2.15. The molecule has 0 heterocycles. The standard InChI is InChI=1S/C22H32N2O/c1-3-9-19-11-5-7-13-21(19)23-15-17-25-18-16-24-22-14-8-6-12-20(22)10-4-2/h5-8,11-14,23-24H,3-4,9-10,15-18H2,1-2H3. The van der Waals surface area contributed by atoms with E-state index in [-0.39, 0.29) is 0 Å². The topological polar surface area (TPSA) is 33.3 Å². The van der Waals surface area contributed by atoms with Crippen molar-refractivity contribution in [1.29, 1.82) is 0 Å². The fourth-order valence-corrected chi connectivity index (χ4v) is 2.98. The van der Waals surface area contributed by atoms with Gasteiger partial charge in [0.25, 0.3) is 0 Å². The third kappa shape index (κ3) is 6.79. The summed E-state index contributed by atoms with van der Waals surface area (Å²) in [6.07, 6.45) is 4.57. The summed E-state index contributed by atoms with van der Waals surface area (Å²) in [6.45, 7) is 7.55. The van der Waals surface area contributed by atoms with Crippen molar-refractivity contribution in [2.75, 3.05) is 36.9 Å². The van der Waals surface area contributed by atoms with E-state index in [9.17, 15) is 0 Å². The van der Waals surface area contributed by atoms with Crippen LogP contribution in [0.3, 0.4) is 0 Å². The molecule has 0 bridgehead atoms. The Labute approximate surface area is 152 Å². The van der Waals surface area contributed by atoms with Crippen molar-refractivity contribution in [3.8, 4) is 0 Å². The van der Waals surface area contributed by atoms with Crippen LogP contribution in [0.4, 0.5) is 11.4 Å². The number of ether oxygens (including phenoxy) is 1. The minimum Gasteiger partial charge on any atom is -0.383 e. The summed E-state index contributed by atoms with van der Waals surface area (Å²) in [6, 6.07) is 17.1. The molecular formula is C22H32N2O. The van der Waals surface area contributed by atoms with E-state index in [1.54, 1.807) is 0 Å². The maximum Gasteiger partial charge on any atom is 0.0639 e. The number of hydrogen-bond donors (Lipinski definition) is 2. The summed E-state index contributed by atoms with van der Waals surface area (Å²) in [4.78, 5) is 0. The molecule has 2 N–H and O–H groups in total. The van der Waals surface area contributed by atoms with Gasteiger partial charge in [-0.2, -0.15) is 0 Å². The smallest absolute Gasteiger partial charge is 0.0639 e. The van der Waals surface area contributed by atoms with Crippen LogP contribution in [-0.2, 0) is 17.6 Å². The Morgan fingerprint density at radius 3 is 1.56 bits per heavy atom. The second-order valence-corrected chi connectivity index (χ2v) is 6.28. The van der Waals surface area contributed by atoms with Gasteiger partial charge in [-0.05, 0) is 36.1 Å². The Balaban J connectivity index is 1.63. The highest BCUT2D eigenvalue weighted by Gasteiger charge is 2.01. The molecule has 0 aliphatic heterocycles. The van der Waals surface area contributed by atoms with Crippen molar-refractivity contribution in [3.05, 3.63) is 59.7 Å². The lowest BCUT2D eigenvalue weighted by Gasteiger charge is -2.13. The van der Waals surface area contributed by atoms with Crippen molar-refractivity contribution >= 4 is 11.4 Å². The van der Waals surface area contributed by atoms with E-state index in [0.717, 1.165) is 39.1 Å². The largest absolute Gasteiger partial charge is 0.383 e. The molecule has 0 spiro atoms. The molecule has 0 aromatic heterocycles. The molecule has 2 aromatic rings. The van der Waals surface area contributed by atoms with Gasteiger partial charge in [0.15, 0.2) is 0 Å². The van der Waals surface area contributed by atoms with Crippen LogP contribution in [0.5, 0.6) is 0 Å². The number of rotatable bonds is 12. The highest BCUT2D eigenvalue weighted by Crippen LogP contribution is 2.17. The van der Waals surface area contributed by atoms with Crippen molar-refractivity contribution in [2.45, 2.75) is 39.5 Å². The zero-order valence-electron chi connectivity index (χ0n) is 15.7. The van der Waals surface area contributed by atoms with Gasteiger partial charge in [0.1, 0.15) is 0 Å². The molecule has 0 radical (unpaired) electrons. The Morgan fingerprint density at radius 1 is 0.680 bits per heavy atom. The van der Waals surface area contributed by atoms with Gasteiger partial charge in [-0.15, -0.1) is 0 Å². The summed E-state index contributed by atoms with van der Waals surface area (Å²) < 4.78 is 5.75. The van der Waals surface area contributed by atoms with E-state index in [1.807, 2.05) is 0 Å². The molecule has 136 valence electrons. The zero-order chi connectivity index (χ0) is 17.7. The van der Waals surface area contributed by atoms with E-state index in [2.05, 4.69) is 73.0 Å². The summed E-state index contributed by atoms with van der Waals surface area (Å²) in [5, 5.41) is 6.97. The molecule has 0 atom stereocenters. The highest BCUT2D eigenvalue weighted by atomic mass is 16.5. The molecule has 3 nitrogen and oxygen atoms in total. The number of nitrogens with one attached hydrogen (secondary N) is 2. The van der Waals surface area contributed by atoms with Crippen LogP contribution >= 0.6 is 0 Å². The molecular weight excluding hydrogens is 308 g/mol. The highest BCUT2D eigenvalue weighted by molar-refractivity contribution is 5.51. The third-order valence-corrected chi connectivity index (χ3v) is 4.20. The normalized spacial score (nSPS) is 10.6. The van der Waals surface area contributed by atoms with Gasteiger partial charge in [0.2, 0.25) is 0 Å². The summed E-state index contributed by atoms with van der Waals surface area (Å²) >= 11 is 0. The summed E-state index contributed by atoms with van der Waals surface area (Å²) in [5.41, 5.74) is 5.25. The fraction of sp³-hybridized carbons (Fsp3) is 0.455. The van der Waals surface area contributed by atoms with Crippen LogP contribution in [0.1, 0.15) is 37.8 Å². The van der Waals surface area contributed by atoms with Crippen LogP contribution in [0.2, 0.25) is 0 Å². The van der Waals surface area contributed by atoms with Gasteiger partial charge in [-0.25, -0.2) is 0 Å². The molecule has 0 saturated carbocycles. The molecule has 2 aromatic carbocycles. The Morgan fingerprint density at radius 2 is 1.12 bits per heavy atom. The molecule has 0 fully saturated rings. The Hall–Kier alpha value is -2.00. The molecule has 0 unspecified atom stereocenters. The molecule has 0 saturated heterocycles. The van der Waals surface area contributed by atoms with E-state index in [4.69, 9.17) is 4.74 Å². The van der Waals surface area contributed by atoms with Crippen molar-refractivity contribution in [1.82, 2.24) is 0 Å². The predicted octanol–water partition coefficient (Wildman–Crippen LogP) is 5.13. The van der Waals surface area contributed by atoms with Crippen molar-refractivity contribution < 1.29 is 4.74 Å². The second kappa shape index (κ2) is 11.5. The minimum atomic E-state index is 0.721. The van der Waals surface area contributed by atoms with Gasteiger partial charge in [0, 0.05) is 24.5 Å². The number of anilines is 2. The Kier molecular flexibility index (Phi) is 8.92. The molecule has 0 amide bonds. The molecule has 25 heavy (non-hydrogen) atoms. The van der Waals surface area contributed by atoms with E-state index in [1.165, 1.54) is 35.3 Å². The van der Waals surface area contributed by atoms with Crippen LogP contribution in [0, 0.1) is 0 Å². The van der Waals surface area contributed by atoms with Gasteiger partial charge < -0.3 is 15.4 Å². The van der Waals surface area contributed by atoms with E-state index < -0.39 is 0 Å².